The molecule has 0 radical (unpaired) electrons. The Balaban J connectivity index is 1.33. The highest BCUT2D eigenvalue weighted by Crippen LogP contribution is 2.20. The highest BCUT2D eigenvalue weighted by atomic mass is 16.1. The predicted octanol–water partition coefficient (Wildman–Crippen LogP) is 3.31. The molecule has 4 aromatic rings. The fraction of sp³-hybridized carbons (Fsp3) is 0.150. The fourth-order valence-corrected chi connectivity index (χ4v) is 2.84. The molecule has 0 bridgehead atoms. The van der Waals surface area contributed by atoms with Gasteiger partial charge in [0.15, 0.2) is 0 Å². The average Bonchev–Trinajstić information content (AvgIpc) is 3.18. The smallest absolute Gasteiger partial charge is 0.224 e. The molecule has 4 rings (SSSR count). The summed E-state index contributed by atoms with van der Waals surface area (Å²) in [6.07, 6.45) is 2.71. The first-order valence-corrected chi connectivity index (χ1v) is 8.76. The number of anilines is 1. The van der Waals surface area contributed by atoms with Gasteiger partial charge in [-0.15, -0.1) is 10.2 Å². The first-order chi connectivity index (χ1) is 13.3. The summed E-state index contributed by atoms with van der Waals surface area (Å²) in [7, 11) is 0. The molecule has 0 saturated carbocycles. The van der Waals surface area contributed by atoms with Crippen molar-refractivity contribution >= 4 is 22.5 Å². The fourth-order valence-electron chi connectivity index (χ4n) is 2.84. The Morgan fingerprint density at radius 3 is 2.74 bits per heavy atom. The summed E-state index contributed by atoms with van der Waals surface area (Å²) in [5, 5.41) is 16.4. The van der Waals surface area contributed by atoms with E-state index < -0.39 is 0 Å². The standard InChI is InChI=1S/C20H18N6O/c27-18(22-17-11-4-9-15-10-5-13-21-19(15)17)12-6-14-26-24-20(23-25-26)16-7-2-1-3-8-16/h1-5,7-11,13H,6,12,14H2,(H,22,27). The van der Waals surface area contributed by atoms with E-state index in [0.717, 1.165) is 22.2 Å². The Bertz CT molecular complexity index is 1050. The summed E-state index contributed by atoms with van der Waals surface area (Å²) < 4.78 is 0. The number of nitrogens with one attached hydrogen (secondary N) is 1. The molecule has 0 aliphatic carbocycles. The molecule has 0 aliphatic rings. The summed E-state index contributed by atoms with van der Waals surface area (Å²) in [5.41, 5.74) is 2.44. The molecule has 0 fully saturated rings. The summed E-state index contributed by atoms with van der Waals surface area (Å²) in [6.45, 7) is 0.529. The molecule has 1 N–H and O–H groups in total. The zero-order valence-corrected chi connectivity index (χ0v) is 14.6. The van der Waals surface area contributed by atoms with Gasteiger partial charge >= 0.3 is 0 Å². The Morgan fingerprint density at radius 1 is 1.00 bits per heavy atom. The number of tetrazole rings is 1. The number of nitrogens with zero attached hydrogens (tertiary/aromatic N) is 5. The summed E-state index contributed by atoms with van der Waals surface area (Å²) in [4.78, 5) is 18.1. The molecule has 0 spiro atoms. The van der Waals surface area contributed by atoms with Crippen molar-refractivity contribution in [3.05, 3.63) is 66.9 Å². The van der Waals surface area contributed by atoms with Gasteiger partial charge in [-0.1, -0.05) is 48.5 Å². The number of aromatic nitrogens is 5. The van der Waals surface area contributed by atoms with Gasteiger partial charge in [-0.25, -0.2) is 0 Å². The lowest BCUT2D eigenvalue weighted by Gasteiger charge is -2.07. The Labute approximate surface area is 156 Å². The number of aryl methyl sites for hydroxylation is 1. The monoisotopic (exact) mass is 358 g/mol. The lowest BCUT2D eigenvalue weighted by molar-refractivity contribution is -0.116. The number of rotatable bonds is 6. The lowest BCUT2D eigenvalue weighted by Crippen LogP contribution is -2.13. The van der Waals surface area contributed by atoms with Gasteiger partial charge in [0.25, 0.3) is 0 Å². The molecule has 2 aromatic heterocycles. The molecule has 7 heteroatoms. The number of pyridine rings is 1. The van der Waals surface area contributed by atoms with Gasteiger partial charge in [0.2, 0.25) is 11.7 Å². The van der Waals surface area contributed by atoms with E-state index in [9.17, 15) is 4.79 Å². The van der Waals surface area contributed by atoms with E-state index in [1.165, 1.54) is 4.80 Å². The van der Waals surface area contributed by atoms with Crippen molar-refractivity contribution in [1.82, 2.24) is 25.2 Å². The van der Waals surface area contributed by atoms with E-state index in [-0.39, 0.29) is 5.91 Å². The van der Waals surface area contributed by atoms with Crippen LogP contribution in [0, 0.1) is 0 Å². The minimum atomic E-state index is -0.0587. The van der Waals surface area contributed by atoms with Crippen molar-refractivity contribution in [3.8, 4) is 11.4 Å². The van der Waals surface area contributed by atoms with Gasteiger partial charge in [0, 0.05) is 23.6 Å². The number of para-hydroxylation sites is 1. The molecule has 2 aromatic carbocycles. The van der Waals surface area contributed by atoms with Gasteiger partial charge in [0.05, 0.1) is 17.7 Å². The van der Waals surface area contributed by atoms with E-state index >= 15 is 0 Å². The van der Waals surface area contributed by atoms with E-state index in [4.69, 9.17) is 0 Å². The number of hydrogen-bond acceptors (Lipinski definition) is 5. The lowest BCUT2D eigenvalue weighted by atomic mass is 10.2. The Hall–Kier alpha value is -3.61. The number of fused-ring (bicyclic) bond motifs is 1. The van der Waals surface area contributed by atoms with Crippen LogP contribution in [0.2, 0.25) is 0 Å². The number of carbonyl (C=O) groups excluding carboxylic acids is 1. The van der Waals surface area contributed by atoms with Crippen LogP contribution >= 0.6 is 0 Å². The predicted molar refractivity (Wildman–Crippen MR) is 103 cm³/mol. The van der Waals surface area contributed by atoms with Crippen LogP contribution in [0.3, 0.4) is 0 Å². The minimum absolute atomic E-state index is 0.0587. The normalized spacial score (nSPS) is 10.8. The molecular formula is C20H18N6O. The van der Waals surface area contributed by atoms with Crippen LogP contribution in [-0.4, -0.2) is 31.1 Å². The molecule has 0 saturated heterocycles. The van der Waals surface area contributed by atoms with Crippen molar-refractivity contribution in [2.24, 2.45) is 0 Å². The van der Waals surface area contributed by atoms with Crippen LogP contribution in [0.4, 0.5) is 5.69 Å². The van der Waals surface area contributed by atoms with Crippen LogP contribution in [-0.2, 0) is 11.3 Å². The molecule has 0 aliphatic heterocycles. The molecule has 134 valence electrons. The van der Waals surface area contributed by atoms with Crippen molar-refractivity contribution in [2.75, 3.05) is 5.32 Å². The Morgan fingerprint density at radius 2 is 1.85 bits per heavy atom. The van der Waals surface area contributed by atoms with Crippen LogP contribution in [0.25, 0.3) is 22.3 Å². The van der Waals surface area contributed by atoms with Crippen LogP contribution in [0.5, 0.6) is 0 Å². The van der Waals surface area contributed by atoms with E-state index in [0.29, 0.717) is 25.2 Å². The summed E-state index contributed by atoms with van der Waals surface area (Å²) >= 11 is 0. The molecule has 2 heterocycles. The first kappa shape index (κ1) is 16.8. The van der Waals surface area contributed by atoms with Gasteiger partial charge in [-0.3, -0.25) is 9.78 Å². The van der Waals surface area contributed by atoms with Crippen LogP contribution in [0.15, 0.2) is 66.9 Å². The molecule has 27 heavy (non-hydrogen) atoms. The van der Waals surface area contributed by atoms with Gasteiger partial charge in [0.1, 0.15) is 0 Å². The molecule has 7 nitrogen and oxygen atoms in total. The highest BCUT2D eigenvalue weighted by molar-refractivity contribution is 6.00. The molecular weight excluding hydrogens is 340 g/mol. The second kappa shape index (κ2) is 7.74. The SMILES string of the molecule is O=C(CCCn1nnc(-c2ccccc2)n1)Nc1cccc2cccnc12. The zero-order chi connectivity index (χ0) is 18.5. The number of benzene rings is 2. The number of hydrogen-bond donors (Lipinski definition) is 1. The van der Waals surface area contributed by atoms with Crippen molar-refractivity contribution < 1.29 is 4.79 Å². The van der Waals surface area contributed by atoms with E-state index in [1.807, 2.05) is 60.7 Å². The van der Waals surface area contributed by atoms with Crippen LogP contribution in [0.1, 0.15) is 12.8 Å². The number of amides is 1. The van der Waals surface area contributed by atoms with Gasteiger partial charge < -0.3 is 5.32 Å². The molecule has 0 atom stereocenters. The summed E-state index contributed by atoms with van der Waals surface area (Å²) in [6, 6.07) is 19.3. The van der Waals surface area contributed by atoms with Crippen LogP contribution < -0.4 is 5.32 Å². The minimum Gasteiger partial charge on any atom is -0.324 e. The maximum Gasteiger partial charge on any atom is 0.224 e. The third kappa shape index (κ3) is 3.98. The summed E-state index contributed by atoms with van der Waals surface area (Å²) in [5.74, 6) is 0.526. The maximum atomic E-state index is 12.3. The van der Waals surface area contributed by atoms with Gasteiger partial charge in [-0.2, -0.15) is 4.80 Å². The van der Waals surface area contributed by atoms with Gasteiger partial charge in [-0.05, 0) is 23.8 Å². The maximum absolute atomic E-state index is 12.3. The third-order valence-electron chi connectivity index (χ3n) is 4.15. The second-order valence-corrected chi connectivity index (χ2v) is 6.11. The van der Waals surface area contributed by atoms with E-state index in [2.05, 4.69) is 25.7 Å². The van der Waals surface area contributed by atoms with Crippen molar-refractivity contribution in [1.29, 1.82) is 0 Å². The largest absolute Gasteiger partial charge is 0.324 e. The average molecular weight is 358 g/mol. The highest BCUT2D eigenvalue weighted by Gasteiger charge is 2.08. The van der Waals surface area contributed by atoms with E-state index in [1.54, 1.807) is 6.20 Å². The molecule has 1 amide bonds. The number of carbonyl (C=O) groups is 1. The Kier molecular flexibility index (Phi) is 4.82. The zero-order valence-electron chi connectivity index (χ0n) is 14.6. The molecule has 0 unspecified atom stereocenters. The van der Waals surface area contributed by atoms with Crippen molar-refractivity contribution in [3.63, 3.8) is 0 Å². The first-order valence-electron chi connectivity index (χ1n) is 8.76. The third-order valence-corrected chi connectivity index (χ3v) is 4.15. The van der Waals surface area contributed by atoms with Crippen molar-refractivity contribution in [2.45, 2.75) is 19.4 Å². The second-order valence-electron chi connectivity index (χ2n) is 6.11. The quantitative estimate of drug-likeness (QED) is 0.571. The topological polar surface area (TPSA) is 85.6 Å².